The van der Waals surface area contributed by atoms with Gasteiger partial charge in [-0.05, 0) is 30.7 Å². The number of hydrogen-bond acceptors (Lipinski definition) is 9. The van der Waals surface area contributed by atoms with E-state index in [1.165, 1.54) is 53.4 Å². The summed E-state index contributed by atoms with van der Waals surface area (Å²) in [6.07, 6.45) is 0.185. The molecule has 9 nitrogen and oxygen atoms in total. The van der Waals surface area contributed by atoms with Gasteiger partial charge in [-0.25, -0.2) is 13.4 Å². The molecule has 0 fully saturated rings. The fourth-order valence-corrected chi connectivity index (χ4v) is 5.43. The summed E-state index contributed by atoms with van der Waals surface area (Å²) in [7, 11) is -1.99. The van der Waals surface area contributed by atoms with Crippen molar-refractivity contribution in [3.8, 4) is 16.3 Å². The first-order valence-corrected chi connectivity index (χ1v) is 12.0. The normalized spacial score (nSPS) is 11.2. The number of carbonyl (C=O) groups is 1. The number of aromatic nitrogens is 1. The highest BCUT2D eigenvalue weighted by atomic mass is 32.2. The summed E-state index contributed by atoms with van der Waals surface area (Å²) in [5.74, 6) is 0.0562. The maximum atomic E-state index is 12.4. The molecule has 30 heavy (non-hydrogen) atoms. The maximum absolute atomic E-state index is 12.4. The molecule has 0 bridgehead atoms. The molecule has 0 atom stereocenters. The molecule has 1 amide bonds. The van der Waals surface area contributed by atoms with Crippen LogP contribution in [0.3, 0.4) is 0 Å². The fraction of sp³-hybridized carbons (Fsp3) is 0.222. The molecule has 0 spiro atoms. The molecule has 12 heteroatoms. The topological polar surface area (TPSA) is 128 Å². The van der Waals surface area contributed by atoms with Crippen molar-refractivity contribution in [2.75, 3.05) is 18.2 Å². The second-order valence-corrected chi connectivity index (χ2v) is 9.99. The van der Waals surface area contributed by atoms with Gasteiger partial charge >= 0.3 is 0 Å². The Kier molecular flexibility index (Phi) is 6.80. The number of thiazole rings is 1. The molecule has 0 unspecified atom stereocenters. The predicted molar refractivity (Wildman–Crippen MR) is 115 cm³/mol. The van der Waals surface area contributed by atoms with E-state index < -0.39 is 14.8 Å². The quantitative estimate of drug-likeness (QED) is 0.372. The molecular formula is C18H17N3O6S3. The molecule has 1 aromatic carbocycles. The average Bonchev–Trinajstić information content (AvgIpc) is 3.37. The number of nitro groups is 1. The molecule has 2 aromatic heterocycles. The van der Waals surface area contributed by atoms with Crippen LogP contribution in [-0.4, -0.2) is 37.1 Å². The number of nitrogens with one attached hydrogen (secondary N) is 1. The first kappa shape index (κ1) is 21.9. The number of amides is 1. The van der Waals surface area contributed by atoms with Crippen molar-refractivity contribution < 1.29 is 22.9 Å². The van der Waals surface area contributed by atoms with Crippen LogP contribution < -0.4 is 10.1 Å². The average molecular weight is 468 g/mol. The Morgan fingerprint density at radius 2 is 1.97 bits per heavy atom. The molecule has 0 aliphatic rings. The van der Waals surface area contributed by atoms with Gasteiger partial charge in [-0.3, -0.25) is 14.9 Å². The first-order chi connectivity index (χ1) is 14.3. The van der Waals surface area contributed by atoms with Crippen LogP contribution in [0.15, 0.2) is 46.0 Å². The summed E-state index contributed by atoms with van der Waals surface area (Å²) in [6, 6.07) is 7.51. The lowest BCUT2D eigenvalue weighted by atomic mass is 10.3. The zero-order chi connectivity index (χ0) is 21.7. The van der Waals surface area contributed by atoms with E-state index in [0.717, 1.165) is 0 Å². The number of sulfone groups is 1. The van der Waals surface area contributed by atoms with Gasteiger partial charge < -0.3 is 10.1 Å². The van der Waals surface area contributed by atoms with Crippen LogP contribution in [0.25, 0.3) is 10.6 Å². The van der Waals surface area contributed by atoms with Gasteiger partial charge in [-0.1, -0.05) is 0 Å². The third kappa shape index (κ3) is 5.40. The van der Waals surface area contributed by atoms with Crippen molar-refractivity contribution in [2.45, 2.75) is 17.7 Å². The molecule has 0 saturated heterocycles. The Hall–Kier alpha value is -2.83. The van der Waals surface area contributed by atoms with Crippen molar-refractivity contribution in [1.29, 1.82) is 0 Å². The lowest BCUT2D eigenvalue weighted by molar-refractivity contribution is -0.384. The maximum Gasteiger partial charge on any atom is 0.280 e. The van der Waals surface area contributed by atoms with Crippen LogP contribution in [0, 0.1) is 10.1 Å². The Morgan fingerprint density at radius 1 is 1.23 bits per heavy atom. The zero-order valence-electron chi connectivity index (χ0n) is 15.7. The van der Waals surface area contributed by atoms with Crippen molar-refractivity contribution in [2.24, 2.45) is 0 Å². The number of anilines is 1. The molecule has 1 N–H and O–H groups in total. The lowest BCUT2D eigenvalue weighted by Crippen LogP contribution is -2.14. The van der Waals surface area contributed by atoms with Crippen molar-refractivity contribution in [1.82, 2.24) is 4.98 Å². The minimum absolute atomic E-state index is 0.00773. The van der Waals surface area contributed by atoms with Crippen LogP contribution in [0.4, 0.5) is 10.8 Å². The van der Waals surface area contributed by atoms with Crippen molar-refractivity contribution >= 4 is 49.2 Å². The third-order valence-corrected chi connectivity index (χ3v) is 7.55. The van der Waals surface area contributed by atoms with Gasteiger partial charge in [-0.2, -0.15) is 0 Å². The Bertz CT molecular complexity index is 1150. The molecular weight excluding hydrogens is 450 g/mol. The SMILES string of the molecule is COc1ccc(S(=O)(=O)CCCC(=O)Nc2nc(-c3cc([N+](=O)[O-])cs3)cs2)cc1. The molecule has 3 rings (SSSR count). The largest absolute Gasteiger partial charge is 0.497 e. The van der Waals surface area contributed by atoms with Crippen LogP contribution >= 0.6 is 22.7 Å². The lowest BCUT2D eigenvalue weighted by Gasteiger charge is -2.06. The molecule has 3 aromatic rings. The number of thiophene rings is 1. The predicted octanol–water partition coefficient (Wildman–Crippen LogP) is 3.98. The molecule has 158 valence electrons. The van der Waals surface area contributed by atoms with E-state index in [2.05, 4.69) is 10.3 Å². The van der Waals surface area contributed by atoms with Gasteiger partial charge in [0, 0.05) is 17.9 Å². The van der Waals surface area contributed by atoms with Gasteiger partial charge in [0.05, 0.1) is 38.6 Å². The van der Waals surface area contributed by atoms with E-state index >= 15 is 0 Å². The molecule has 0 aliphatic carbocycles. The number of benzene rings is 1. The Labute approximate surface area is 180 Å². The van der Waals surface area contributed by atoms with Gasteiger partial charge in [0.1, 0.15) is 5.75 Å². The van der Waals surface area contributed by atoms with Crippen LogP contribution in [0.2, 0.25) is 0 Å². The smallest absolute Gasteiger partial charge is 0.280 e. The molecule has 2 heterocycles. The number of rotatable bonds is 9. The summed E-state index contributed by atoms with van der Waals surface area (Å²) in [5.41, 5.74) is 0.530. The van der Waals surface area contributed by atoms with Crippen LogP contribution in [-0.2, 0) is 14.6 Å². The van der Waals surface area contributed by atoms with Gasteiger partial charge in [-0.15, -0.1) is 22.7 Å². The minimum Gasteiger partial charge on any atom is -0.497 e. The Balaban J connectivity index is 1.52. The van der Waals surface area contributed by atoms with E-state index in [1.807, 2.05) is 0 Å². The van der Waals surface area contributed by atoms with E-state index in [0.29, 0.717) is 21.5 Å². The minimum atomic E-state index is -3.49. The monoisotopic (exact) mass is 467 g/mol. The van der Waals surface area contributed by atoms with Crippen LogP contribution in [0.5, 0.6) is 5.75 Å². The van der Waals surface area contributed by atoms with E-state index in [4.69, 9.17) is 4.74 Å². The van der Waals surface area contributed by atoms with Gasteiger partial charge in [0.25, 0.3) is 5.69 Å². The summed E-state index contributed by atoms with van der Waals surface area (Å²) < 4.78 is 29.7. The third-order valence-electron chi connectivity index (χ3n) is 4.03. The summed E-state index contributed by atoms with van der Waals surface area (Å²) in [6.45, 7) is 0. The van der Waals surface area contributed by atoms with E-state index in [1.54, 1.807) is 17.5 Å². The second-order valence-electron chi connectivity index (χ2n) is 6.11. The number of carbonyl (C=O) groups excluding carboxylic acids is 1. The van der Waals surface area contributed by atoms with Crippen molar-refractivity contribution in [3.05, 3.63) is 51.2 Å². The summed E-state index contributed by atoms with van der Waals surface area (Å²) in [5, 5.41) is 16.9. The van der Waals surface area contributed by atoms with Crippen molar-refractivity contribution in [3.63, 3.8) is 0 Å². The van der Waals surface area contributed by atoms with Crippen LogP contribution in [0.1, 0.15) is 12.8 Å². The number of hydrogen-bond donors (Lipinski definition) is 1. The summed E-state index contributed by atoms with van der Waals surface area (Å²) >= 11 is 2.39. The fourth-order valence-electron chi connectivity index (χ4n) is 2.51. The highest BCUT2D eigenvalue weighted by Crippen LogP contribution is 2.32. The molecule has 0 saturated carbocycles. The highest BCUT2D eigenvalue weighted by molar-refractivity contribution is 7.91. The molecule has 0 radical (unpaired) electrons. The molecule has 0 aliphatic heterocycles. The number of methoxy groups -OCH3 is 1. The highest BCUT2D eigenvalue weighted by Gasteiger charge is 2.17. The number of ether oxygens (including phenoxy) is 1. The zero-order valence-corrected chi connectivity index (χ0v) is 18.2. The number of nitrogens with zero attached hydrogens (tertiary/aromatic N) is 2. The van der Waals surface area contributed by atoms with Gasteiger partial charge in [0.15, 0.2) is 15.0 Å². The second kappa shape index (κ2) is 9.32. The Morgan fingerprint density at radius 3 is 2.60 bits per heavy atom. The van der Waals surface area contributed by atoms with E-state index in [9.17, 15) is 23.3 Å². The summed E-state index contributed by atoms with van der Waals surface area (Å²) in [4.78, 5) is 27.5. The first-order valence-electron chi connectivity index (χ1n) is 8.64. The van der Waals surface area contributed by atoms with E-state index in [-0.39, 0.29) is 35.1 Å². The standard InChI is InChI=1S/C18H17N3O6S3/c1-27-13-4-6-14(7-5-13)30(25,26)8-2-3-17(22)20-18-19-15(11-29-18)16-9-12(10-28-16)21(23)24/h4-7,9-11H,2-3,8H2,1H3,(H,19,20,22). The van der Waals surface area contributed by atoms with Gasteiger partial charge in [0.2, 0.25) is 5.91 Å².